The predicted octanol–water partition coefficient (Wildman–Crippen LogP) is 8.86. The first-order chi connectivity index (χ1) is 17.2. The van der Waals surface area contributed by atoms with Gasteiger partial charge in [0.15, 0.2) is 0 Å². The third-order valence-corrected chi connectivity index (χ3v) is 9.48. The third-order valence-electron chi connectivity index (χ3n) is 7.67. The molecule has 0 fully saturated rings. The smallest absolute Gasteiger partial charge is 0.0809 e. The highest BCUT2D eigenvalue weighted by Crippen LogP contribution is 2.58. The molecule has 0 radical (unpaired) electrons. The van der Waals surface area contributed by atoms with E-state index in [9.17, 15) is 0 Å². The van der Waals surface area contributed by atoms with Crippen molar-refractivity contribution in [2.75, 3.05) is 0 Å². The molecule has 3 aliphatic rings. The first-order valence-electron chi connectivity index (χ1n) is 11.9. The quantitative estimate of drug-likeness (QED) is 0.286. The monoisotopic (exact) mass is 487 g/mol. The van der Waals surface area contributed by atoms with Crippen LogP contribution in [0, 0.1) is 5.41 Å². The van der Waals surface area contributed by atoms with Gasteiger partial charge in [-0.2, -0.15) is 0 Å². The molecule has 1 heterocycles. The highest BCUT2D eigenvalue weighted by Gasteiger charge is 2.43. The van der Waals surface area contributed by atoms with Crippen LogP contribution >= 0.6 is 23.4 Å². The summed E-state index contributed by atoms with van der Waals surface area (Å²) in [5, 5.41) is 9.56. The van der Waals surface area contributed by atoms with Crippen molar-refractivity contribution in [3.8, 4) is 11.1 Å². The average Bonchev–Trinajstić information content (AvgIpc) is 3.44. The second-order valence-electron chi connectivity index (χ2n) is 9.35. The van der Waals surface area contributed by atoms with Crippen LogP contribution in [-0.2, 0) is 5.41 Å². The molecule has 1 N–H and O–H groups in total. The Hall–Kier alpha value is -3.33. The number of hydrogen-bond donors (Lipinski definition) is 1. The first-order valence-corrected chi connectivity index (χ1v) is 13.1. The topological polar surface area (TPSA) is 23.9 Å². The molecule has 168 valence electrons. The molecular formula is C32H22ClNS. The zero-order chi connectivity index (χ0) is 23.6. The van der Waals surface area contributed by atoms with Gasteiger partial charge in [0.05, 0.1) is 10.4 Å². The Kier molecular flexibility index (Phi) is 4.70. The number of thioether (sulfide) groups is 1. The van der Waals surface area contributed by atoms with Gasteiger partial charge in [0, 0.05) is 21.9 Å². The van der Waals surface area contributed by atoms with E-state index >= 15 is 0 Å². The molecule has 1 nitrogen and oxygen atoms in total. The lowest BCUT2D eigenvalue weighted by atomic mass is 9.73. The Balaban J connectivity index is 1.45. The van der Waals surface area contributed by atoms with Gasteiger partial charge in [0.2, 0.25) is 0 Å². The Morgan fingerprint density at radius 3 is 2.51 bits per heavy atom. The molecule has 0 saturated heterocycles. The number of allylic oxidation sites excluding steroid dienone is 4. The van der Waals surface area contributed by atoms with E-state index in [-0.39, 0.29) is 0 Å². The lowest BCUT2D eigenvalue weighted by Crippen LogP contribution is -2.28. The van der Waals surface area contributed by atoms with Crippen molar-refractivity contribution < 1.29 is 0 Å². The number of benzene rings is 4. The fourth-order valence-electron chi connectivity index (χ4n) is 6.08. The standard InChI is InChI=1S/C32H22ClNS/c33-29-15-7-13-26-25-12-6-11-22(30(25)35-31(26)29)20-16-17-24-23-10-4-5-14-27(23)32(19-34,28(24)18-20)21-8-2-1-3-9-21/h1-11,13-19,25,34H,12H2. The molecule has 4 aromatic rings. The van der Waals surface area contributed by atoms with Crippen LogP contribution in [0.15, 0.2) is 113 Å². The molecule has 0 saturated carbocycles. The summed E-state index contributed by atoms with van der Waals surface area (Å²) in [5.74, 6) is 0.362. The lowest BCUT2D eigenvalue weighted by molar-refractivity contribution is 0.840. The summed E-state index contributed by atoms with van der Waals surface area (Å²) in [6.07, 6.45) is 7.21. The predicted molar refractivity (Wildman–Crippen MR) is 148 cm³/mol. The summed E-state index contributed by atoms with van der Waals surface area (Å²) in [4.78, 5) is 2.58. The molecule has 0 amide bonds. The lowest BCUT2D eigenvalue weighted by Gasteiger charge is -2.29. The van der Waals surface area contributed by atoms with Crippen LogP contribution in [0.4, 0.5) is 0 Å². The number of fused-ring (bicyclic) bond motifs is 6. The van der Waals surface area contributed by atoms with Crippen LogP contribution in [-0.4, -0.2) is 6.21 Å². The van der Waals surface area contributed by atoms with Gasteiger partial charge in [-0.25, -0.2) is 0 Å². The van der Waals surface area contributed by atoms with E-state index < -0.39 is 5.41 Å². The van der Waals surface area contributed by atoms with Gasteiger partial charge in [-0.3, -0.25) is 0 Å². The second kappa shape index (κ2) is 7.84. The van der Waals surface area contributed by atoms with E-state index in [1.165, 1.54) is 48.8 Å². The first kappa shape index (κ1) is 21.0. The summed E-state index contributed by atoms with van der Waals surface area (Å²) in [7, 11) is 0. The largest absolute Gasteiger partial charge is 0.311 e. The molecular weight excluding hydrogens is 466 g/mol. The van der Waals surface area contributed by atoms with Gasteiger partial charge in [-0.05, 0) is 63.1 Å². The Bertz CT molecular complexity index is 1580. The van der Waals surface area contributed by atoms with Gasteiger partial charge >= 0.3 is 0 Å². The van der Waals surface area contributed by atoms with E-state index in [1.54, 1.807) is 6.21 Å². The third kappa shape index (κ3) is 2.87. The highest BCUT2D eigenvalue weighted by atomic mass is 35.5. The number of hydrogen-bond acceptors (Lipinski definition) is 2. The minimum Gasteiger partial charge on any atom is -0.311 e. The zero-order valence-corrected chi connectivity index (χ0v) is 20.5. The molecule has 35 heavy (non-hydrogen) atoms. The zero-order valence-electron chi connectivity index (χ0n) is 19.0. The average molecular weight is 488 g/mol. The van der Waals surface area contributed by atoms with E-state index in [4.69, 9.17) is 17.0 Å². The van der Waals surface area contributed by atoms with Gasteiger partial charge in [-0.1, -0.05) is 114 Å². The molecule has 2 atom stereocenters. The minimum atomic E-state index is -0.596. The van der Waals surface area contributed by atoms with Crippen LogP contribution < -0.4 is 0 Å². The van der Waals surface area contributed by atoms with E-state index in [2.05, 4.69) is 91.0 Å². The van der Waals surface area contributed by atoms with Crippen molar-refractivity contribution in [3.63, 3.8) is 0 Å². The second-order valence-corrected chi connectivity index (χ2v) is 10.8. The molecule has 0 bridgehead atoms. The SMILES string of the molecule is N=CC1(c2ccccc2)c2ccccc2-c2ccc(C3=C4Sc5c(Cl)cccc5C4CC=C3)cc21. The van der Waals surface area contributed by atoms with Crippen LogP contribution in [0.3, 0.4) is 0 Å². The molecule has 3 heteroatoms. The van der Waals surface area contributed by atoms with Gasteiger partial charge in [0.25, 0.3) is 0 Å². The van der Waals surface area contributed by atoms with E-state index in [0.29, 0.717) is 5.92 Å². The van der Waals surface area contributed by atoms with Gasteiger partial charge in [-0.15, -0.1) is 0 Å². The maximum atomic E-state index is 8.72. The van der Waals surface area contributed by atoms with Crippen molar-refractivity contribution in [3.05, 3.63) is 141 Å². The maximum absolute atomic E-state index is 8.72. The summed E-state index contributed by atoms with van der Waals surface area (Å²) < 4.78 is 0. The van der Waals surface area contributed by atoms with Crippen molar-refractivity contribution in [1.29, 1.82) is 5.41 Å². The number of halogens is 1. The highest BCUT2D eigenvalue weighted by molar-refractivity contribution is 8.03. The molecule has 0 spiro atoms. The van der Waals surface area contributed by atoms with Crippen LogP contribution in [0.1, 0.15) is 40.2 Å². The fraction of sp³-hybridized carbons (Fsp3) is 0.0938. The van der Waals surface area contributed by atoms with Crippen molar-refractivity contribution in [2.24, 2.45) is 0 Å². The minimum absolute atomic E-state index is 0.362. The summed E-state index contributed by atoms with van der Waals surface area (Å²) in [6, 6.07) is 32.1. The molecule has 0 aromatic heterocycles. The molecule has 4 aromatic carbocycles. The molecule has 2 unspecified atom stereocenters. The maximum Gasteiger partial charge on any atom is 0.0809 e. The Morgan fingerprint density at radius 2 is 1.66 bits per heavy atom. The molecule has 1 aliphatic heterocycles. The Labute approximate surface area is 214 Å². The normalized spacial score (nSPS) is 21.3. The van der Waals surface area contributed by atoms with E-state index in [0.717, 1.165) is 17.0 Å². The van der Waals surface area contributed by atoms with Gasteiger partial charge < -0.3 is 5.41 Å². The van der Waals surface area contributed by atoms with Crippen LogP contribution in [0.25, 0.3) is 16.7 Å². The summed E-state index contributed by atoms with van der Waals surface area (Å²) >= 11 is 8.42. The van der Waals surface area contributed by atoms with Crippen LogP contribution in [0.2, 0.25) is 5.02 Å². The van der Waals surface area contributed by atoms with Crippen molar-refractivity contribution in [2.45, 2.75) is 22.6 Å². The van der Waals surface area contributed by atoms with Crippen molar-refractivity contribution in [1.82, 2.24) is 0 Å². The summed E-state index contributed by atoms with van der Waals surface area (Å²) in [6.45, 7) is 0. The summed E-state index contributed by atoms with van der Waals surface area (Å²) in [5.41, 5.74) is 9.12. The number of nitrogens with one attached hydrogen (secondary N) is 1. The fourth-order valence-corrected chi connectivity index (χ4v) is 7.75. The van der Waals surface area contributed by atoms with E-state index in [1.807, 2.05) is 23.9 Å². The molecule has 2 aliphatic carbocycles. The van der Waals surface area contributed by atoms with Crippen LogP contribution in [0.5, 0.6) is 0 Å². The van der Waals surface area contributed by atoms with Gasteiger partial charge in [0.1, 0.15) is 0 Å². The Morgan fingerprint density at radius 1 is 0.857 bits per heavy atom. The number of rotatable bonds is 3. The molecule has 7 rings (SSSR count). The van der Waals surface area contributed by atoms with Crippen molar-refractivity contribution >= 4 is 35.2 Å².